The molecular weight excluding hydrogens is 236 g/mol. The summed E-state index contributed by atoms with van der Waals surface area (Å²) in [6.45, 7) is 7.37. The van der Waals surface area contributed by atoms with Crippen LogP contribution in [0.5, 0.6) is 0 Å². The summed E-state index contributed by atoms with van der Waals surface area (Å²) in [5.41, 5.74) is 0. The molecule has 0 aliphatic rings. The van der Waals surface area contributed by atoms with Crippen molar-refractivity contribution in [2.45, 2.75) is 26.3 Å². The standard InChI is InChI=1S/C12H22N2O4/c1-4-6-14(7-8-15)12(18)13-10(11(16)17)9(3)5-2/h4,9-10,15H,1,5-8H2,2-3H3,(H,13,18)(H,16,17). The average Bonchev–Trinajstić information content (AvgIpc) is 2.34. The van der Waals surface area contributed by atoms with Crippen molar-refractivity contribution in [1.82, 2.24) is 10.2 Å². The monoisotopic (exact) mass is 258 g/mol. The molecule has 0 fully saturated rings. The van der Waals surface area contributed by atoms with Gasteiger partial charge in [0, 0.05) is 13.1 Å². The molecule has 0 aromatic heterocycles. The summed E-state index contributed by atoms with van der Waals surface area (Å²) in [5, 5.41) is 20.4. The molecule has 0 aliphatic heterocycles. The number of hydrogen-bond acceptors (Lipinski definition) is 3. The van der Waals surface area contributed by atoms with Gasteiger partial charge in [0.1, 0.15) is 6.04 Å². The molecule has 0 aliphatic carbocycles. The Morgan fingerprint density at radius 2 is 2.11 bits per heavy atom. The number of nitrogens with zero attached hydrogens (tertiary/aromatic N) is 1. The van der Waals surface area contributed by atoms with Crippen LogP contribution in [0.15, 0.2) is 12.7 Å². The summed E-state index contributed by atoms with van der Waals surface area (Å²) < 4.78 is 0. The summed E-state index contributed by atoms with van der Waals surface area (Å²) in [7, 11) is 0. The van der Waals surface area contributed by atoms with Gasteiger partial charge in [-0.05, 0) is 5.92 Å². The van der Waals surface area contributed by atoms with Crippen molar-refractivity contribution in [2.24, 2.45) is 5.92 Å². The van der Waals surface area contributed by atoms with Gasteiger partial charge in [-0.25, -0.2) is 9.59 Å². The second-order valence-electron chi connectivity index (χ2n) is 4.11. The van der Waals surface area contributed by atoms with E-state index in [2.05, 4.69) is 11.9 Å². The molecule has 2 amide bonds. The van der Waals surface area contributed by atoms with Gasteiger partial charge in [-0.2, -0.15) is 0 Å². The van der Waals surface area contributed by atoms with E-state index in [9.17, 15) is 9.59 Å². The first-order valence-electron chi connectivity index (χ1n) is 5.97. The molecule has 6 heteroatoms. The number of aliphatic hydroxyl groups is 1. The largest absolute Gasteiger partial charge is 0.480 e. The first kappa shape index (κ1) is 16.4. The molecule has 0 radical (unpaired) electrons. The van der Waals surface area contributed by atoms with Crippen LogP contribution in [0.2, 0.25) is 0 Å². The van der Waals surface area contributed by atoms with Crippen LogP contribution in [-0.2, 0) is 4.79 Å². The maximum atomic E-state index is 11.9. The Balaban J connectivity index is 4.64. The quantitative estimate of drug-likeness (QED) is 0.558. The number of rotatable bonds is 8. The number of carbonyl (C=O) groups excluding carboxylic acids is 1. The lowest BCUT2D eigenvalue weighted by molar-refractivity contribution is -0.140. The predicted octanol–water partition coefficient (Wildman–Crippen LogP) is 0.676. The Bertz CT molecular complexity index is 294. The van der Waals surface area contributed by atoms with E-state index in [1.807, 2.05) is 6.92 Å². The Morgan fingerprint density at radius 1 is 1.50 bits per heavy atom. The van der Waals surface area contributed by atoms with Gasteiger partial charge >= 0.3 is 12.0 Å². The smallest absolute Gasteiger partial charge is 0.326 e. The van der Waals surface area contributed by atoms with Crippen molar-refractivity contribution < 1.29 is 19.8 Å². The maximum Gasteiger partial charge on any atom is 0.326 e. The van der Waals surface area contributed by atoms with Crippen molar-refractivity contribution in [2.75, 3.05) is 19.7 Å². The molecule has 3 N–H and O–H groups in total. The Kier molecular flexibility index (Phi) is 7.78. The van der Waals surface area contributed by atoms with Gasteiger partial charge in [-0.3, -0.25) is 0 Å². The molecule has 2 unspecified atom stereocenters. The number of carboxylic acid groups (broad SMARTS) is 1. The number of carboxylic acids is 1. The lowest BCUT2D eigenvalue weighted by Gasteiger charge is -2.25. The minimum atomic E-state index is -1.06. The normalized spacial score (nSPS) is 13.5. The third-order valence-corrected chi connectivity index (χ3v) is 2.76. The van der Waals surface area contributed by atoms with Gasteiger partial charge in [0.05, 0.1) is 6.61 Å². The van der Waals surface area contributed by atoms with E-state index in [-0.39, 0.29) is 25.6 Å². The maximum absolute atomic E-state index is 11.9. The van der Waals surface area contributed by atoms with Crippen LogP contribution in [0.3, 0.4) is 0 Å². The third-order valence-electron chi connectivity index (χ3n) is 2.76. The highest BCUT2D eigenvalue weighted by Gasteiger charge is 2.26. The first-order chi connectivity index (χ1) is 8.47. The van der Waals surface area contributed by atoms with Gasteiger partial charge in [0.15, 0.2) is 0 Å². The van der Waals surface area contributed by atoms with Crippen molar-refractivity contribution in [3.05, 3.63) is 12.7 Å². The highest BCUT2D eigenvalue weighted by atomic mass is 16.4. The summed E-state index contributed by atoms with van der Waals surface area (Å²) in [6, 6.07) is -1.43. The fourth-order valence-electron chi connectivity index (χ4n) is 1.46. The number of carbonyl (C=O) groups is 2. The van der Waals surface area contributed by atoms with Gasteiger partial charge < -0.3 is 20.4 Å². The van der Waals surface area contributed by atoms with E-state index >= 15 is 0 Å². The van der Waals surface area contributed by atoms with E-state index in [1.54, 1.807) is 6.92 Å². The van der Waals surface area contributed by atoms with Crippen LogP contribution >= 0.6 is 0 Å². The number of nitrogens with one attached hydrogen (secondary N) is 1. The number of hydrogen-bond donors (Lipinski definition) is 3. The summed E-state index contributed by atoms with van der Waals surface area (Å²) in [4.78, 5) is 24.2. The highest BCUT2D eigenvalue weighted by molar-refractivity contribution is 5.82. The number of urea groups is 1. The molecule has 0 spiro atoms. The summed E-state index contributed by atoms with van der Waals surface area (Å²) in [5.74, 6) is -1.22. The molecule has 104 valence electrons. The lowest BCUT2D eigenvalue weighted by atomic mass is 9.99. The molecule has 0 saturated carbocycles. The number of amides is 2. The zero-order valence-corrected chi connectivity index (χ0v) is 10.9. The highest BCUT2D eigenvalue weighted by Crippen LogP contribution is 2.08. The minimum absolute atomic E-state index is 0.144. The van der Waals surface area contributed by atoms with E-state index in [0.717, 1.165) is 0 Å². The Hall–Kier alpha value is -1.56. The van der Waals surface area contributed by atoms with Crippen molar-refractivity contribution in [3.63, 3.8) is 0 Å². The molecule has 18 heavy (non-hydrogen) atoms. The van der Waals surface area contributed by atoms with Crippen LogP contribution < -0.4 is 5.32 Å². The Labute approximate surface area is 107 Å². The van der Waals surface area contributed by atoms with Gasteiger partial charge in [0.25, 0.3) is 0 Å². The minimum Gasteiger partial charge on any atom is -0.480 e. The molecule has 0 bridgehead atoms. The van der Waals surface area contributed by atoms with Crippen LogP contribution in [0.25, 0.3) is 0 Å². The molecule has 0 rings (SSSR count). The van der Waals surface area contributed by atoms with Crippen LogP contribution in [0, 0.1) is 5.92 Å². The van der Waals surface area contributed by atoms with Crippen molar-refractivity contribution >= 4 is 12.0 Å². The average molecular weight is 258 g/mol. The molecule has 0 aromatic carbocycles. The van der Waals surface area contributed by atoms with Crippen molar-refractivity contribution in [1.29, 1.82) is 0 Å². The SMILES string of the molecule is C=CCN(CCO)C(=O)NC(C(=O)O)C(C)CC. The molecular formula is C12H22N2O4. The van der Waals surface area contributed by atoms with E-state index in [4.69, 9.17) is 10.2 Å². The fraction of sp³-hybridized carbons (Fsp3) is 0.667. The van der Waals surface area contributed by atoms with Crippen LogP contribution in [0.4, 0.5) is 4.79 Å². The van der Waals surface area contributed by atoms with Crippen molar-refractivity contribution in [3.8, 4) is 0 Å². The number of aliphatic hydroxyl groups excluding tert-OH is 1. The second-order valence-corrected chi connectivity index (χ2v) is 4.11. The predicted molar refractivity (Wildman–Crippen MR) is 68.3 cm³/mol. The van der Waals surface area contributed by atoms with E-state index in [0.29, 0.717) is 6.42 Å². The summed E-state index contributed by atoms with van der Waals surface area (Å²) >= 11 is 0. The van der Waals surface area contributed by atoms with E-state index < -0.39 is 18.0 Å². The Morgan fingerprint density at radius 3 is 2.50 bits per heavy atom. The molecule has 0 saturated heterocycles. The topological polar surface area (TPSA) is 89.9 Å². The van der Waals surface area contributed by atoms with Gasteiger partial charge in [0.2, 0.25) is 0 Å². The summed E-state index contributed by atoms with van der Waals surface area (Å²) in [6.07, 6.45) is 2.17. The van der Waals surface area contributed by atoms with Crippen LogP contribution in [-0.4, -0.2) is 52.9 Å². The van der Waals surface area contributed by atoms with Gasteiger partial charge in [-0.15, -0.1) is 6.58 Å². The molecule has 2 atom stereocenters. The number of aliphatic carboxylic acids is 1. The fourth-order valence-corrected chi connectivity index (χ4v) is 1.46. The van der Waals surface area contributed by atoms with Gasteiger partial charge in [-0.1, -0.05) is 26.3 Å². The van der Waals surface area contributed by atoms with E-state index in [1.165, 1.54) is 11.0 Å². The van der Waals surface area contributed by atoms with Crippen LogP contribution in [0.1, 0.15) is 20.3 Å². The zero-order chi connectivity index (χ0) is 14.1. The molecule has 6 nitrogen and oxygen atoms in total. The second kappa shape index (κ2) is 8.52. The first-order valence-corrected chi connectivity index (χ1v) is 5.97. The zero-order valence-electron chi connectivity index (χ0n) is 10.9. The third kappa shape index (κ3) is 5.18. The molecule has 0 aromatic rings. The lowest BCUT2D eigenvalue weighted by Crippen LogP contribution is -2.51. The molecule has 0 heterocycles.